The number of hydrogen-bond donors (Lipinski definition) is 2. The number of esters is 2. The summed E-state index contributed by atoms with van der Waals surface area (Å²) in [6.07, 6.45) is 66.7. The summed E-state index contributed by atoms with van der Waals surface area (Å²) >= 11 is 0. The molecule has 67 heavy (non-hydrogen) atoms. The van der Waals surface area contributed by atoms with E-state index in [1.54, 1.807) is 0 Å². The molecule has 0 fully saturated rings. The first-order chi connectivity index (χ1) is 32.8. The standard InChI is InChI=1S/C57H102NO8P/c1-3-5-7-9-11-13-15-17-19-21-23-24-25-26-27-28-29-30-32-33-35-37-39-41-43-45-47-49-56(59)63-53-55(54-65-67(61,62)64-52-51-58)66-57(60)50-48-46-44-42-40-38-36-34-31-22-20-18-16-14-12-10-8-6-4-2/h6,8,12,14,18,20-21,23,31,34,38,40,55H,3-5,7,9-11,13,15-17,19,22,24-30,32-33,35-37,39,41-54,58H2,1-2H3,(H,61,62)/b8-6-,14-12-,20-18-,23-21-,34-31-,40-38-. The minimum atomic E-state index is -4.40. The molecule has 3 N–H and O–H groups in total. The van der Waals surface area contributed by atoms with Gasteiger partial charge in [-0.15, -0.1) is 0 Å². The topological polar surface area (TPSA) is 134 Å². The Bertz CT molecular complexity index is 1320. The van der Waals surface area contributed by atoms with E-state index in [4.69, 9.17) is 24.3 Å². The van der Waals surface area contributed by atoms with Crippen molar-refractivity contribution < 1.29 is 37.6 Å². The van der Waals surface area contributed by atoms with Crippen LogP contribution in [0.4, 0.5) is 0 Å². The second-order valence-corrected chi connectivity index (χ2v) is 19.5. The van der Waals surface area contributed by atoms with Gasteiger partial charge < -0.3 is 20.1 Å². The van der Waals surface area contributed by atoms with E-state index >= 15 is 0 Å². The third kappa shape index (κ3) is 52.7. The summed E-state index contributed by atoms with van der Waals surface area (Å²) < 4.78 is 32.9. The van der Waals surface area contributed by atoms with Crippen LogP contribution in [-0.4, -0.2) is 49.3 Å². The minimum absolute atomic E-state index is 0.0451. The highest BCUT2D eigenvalue weighted by Crippen LogP contribution is 2.43. The van der Waals surface area contributed by atoms with Gasteiger partial charge in [-0.1, -0.05) is 222 Å². The van der Waals surface area contributed by atoms with Crippen molar-refractivity contribution >= 4 is 19.8 Å². The SMILES string of the molecule is CC/C=C\C/C=C\C/C=C\C/C=C\C/C=C\CCCCCC(=O)OC(COC(=O)CCCCCCCCCCCCCCCCC/C=C\CCCCCCCCCC)COP(=O)(O)OCCN. The van der Waals surface area contributed by atoms with Gasteiger partial charge in [-0.3, -0.25) is 18.6 Å². The first-order valence-corrected chi connectivity index (χ1v) is 28.9. The number of rotatable bonds is 51. The van der Waals surface area contributed by atoms with Crippen LogP contribution in [0.3, 0.4) is 0 Å². The Balaban J connectivity index is 4.01. The number of nitrogens with two attached hydrogens (primary N) is 1. The summed E-state index contributed by atoms with van der Waals surface area (Å²) in [7, 11) is -4.40. The molecule has 0 radical (unpaired) electrons. The van der Waals surface area contributed by atoms with Gasteiger partial charge in [0.2, 0.25) is 0 Å². The third-order valence-corrected chi connectivity index (χ3v) is 12.6. The molecule has 2 atom stereocenters. The van der Waals surface area contributed by atoms with Crippen molar-refractivity contribution in [1.82, 2.24) is 0 Å². The van der Waals surface area contributed by atoms with Crippen LogP contribution < -0.4 is 5.73 Å². The number of phosphoric acid groups is 1. The van der Waals surface area contributed by atoms with Crippen LogP contribution in [0.2, 0.25) is 0 Å². The minimum Gasteiger partial charge on any atom is -0.462 e. The van der Waals surface area contributed by atoms with E-state index in [-0.39, 0.29) is 38.6 Å². The Hall–Kier alpha value is -2.55. The summed E-state index contributed by atoms with van der Waals surface area (Å²) in [6.45, 7) is 3.60. The number of allylic oxidation sites excluding steroid dienone is 12. The van der Waals surface area contributed by atoms with E-state index in [0.29, 0.717) is 6.42 Å². The molecule has 0 aromatic rings. The molecule has 0 heterocycles. The van der Waals surface area contributed by atoms with Crippen molar-refractivity contribution in [2.75, 3.05) is 26.4 Å². The van der Waals surface area contributed by atoms with E-state index < -0.39 is 26.5 Å². The Morgan fingerprint density at radius 3 is 1.25 bits per heavy atom. The van der Waals surface area contributed by atoms with Crippen molar-refractivity contribution in [2.45, 2.75) is 251 Å². The van der Waals surface area contributed by atoms with Gasteiger partial charge in [0, 0.05) is 19.4 Å². The van der Waals surface area contributed by atoms with E-state index in [0.717, 1.165) is 70.6 Å². The number of phosphoric ester groups is 1. The van der Waals surface area contributed by atoms with Gasteiger partial charge in [0.15, 0.2) is 6.10 Å². The molecular formula is C57H102NO8P. The molecule has 0 aromatic carbocycles. The molecule has 0 aliphatic rings. The molecule has 10 heteroatoms. The van der Waals surface area contributed by atoms with Crippen LogP contribution in [0.25, 0.3) is 0 Å². The highest BCUT2D eigenvalue weighted by atomic mass is 31.2. The Labute approximate surface area is 411 Å². The molecule has 0 aliphatic heterocycles. The van der Waals surface area contributed by atoms with Crippen LogP contribution in [0.15, 0.2) is 72.9 Å². The van der Waals surface area contributed by atoms with Gasteiger partial charge in [-0.2, -0.15) is 0 Å². The average molecular weight is 960 g/mol. The molecule has 2 unspecified atom stereocenters. The van der Waals surface area contributed by atoms with Crippen molar-refractivity contribution in [1.29, 1.82) is 0 Å². The van der Waals surface area contributed by atoms with E-state index in [1.165, 1.54) is 141 Å². The summed E-state index contributed by atoms with van der Waals surface area (Å²) in [5.41, 5.74) is 5.37. The summed E-state index contributed by atoms with van der Waals surface area (Å²) in [5, 5.41) is 0. The zero-order valence-electron chi connectivity index (χ0n) is 43.1. The molecule has 0 amide bonds. The lowest BCUT2D eigenvalue weighted by molar-refractivity contribution is -0.161. The summed E-state index contributed by atoms with van der Waals surface area (Å²) in [5.74, 6) is -0.863. The molecular weight excluding hydrogens is 858 g/mol. The largest absolute Gasteiger partial charge is 0.472 e. The second-order valence-electron chi connectivity index (χ2n) is 18.1. The predicted octanol–water partition coefficient (Wildman–Crippen LogP) is 17.0. The molecule has 0 bridgehead atoms. The molecule has 0 aromatic heterocycles. The number of hydrogen-bond acceptors (Lipinski definition) is 8. The van der Waals surface area contributed by atoms with Crippen molar-refractivity contribution in [3.05, 3.63) is 72.9 Å². The smallest absolute Gasteiger partial charge is 0.462 e. The van der Waals surface area contributed by atoms with Gasteiger partial charge in [0.1, 0.15) is 6.61 Å². The molecule has 0 rings (SSSR count). The summed E-state index contributed by atoms with van der Waals surface area (Å²) in [4.78, 5) is 35.1. The molecule has 9 nitrogen and oxygen atoms in total. The van der Waals surface area contributed by atoms with Crippen molar-refractivity contribution in [3.63, 3.8) is 0 Å². The maximum absolute atomic E-state index is 12.6. The molecule has 0 saturated carbocycles. The third-order valence-electron chi connectivity index (χ3n) is 11.6. The fraction of sp³-hybridized carbons (Fsp3) is 0.754. The van der Waals surface area contributed by atoms with Crippen LogP contribution in [0, 0.1) is 0 Å². The maximum Gasteiger partial charge on any atom is 0.472 e. The van der Waals surface area contributed by atoms with Crippen molar-refractivity contribution in [2.24, 2.45) is 5.73 Å². The van der Waals surface area contributed by atoms with Crippen LogP contribution in [0.1, 0.15) is 245 Å². The fourth-order valence-electron chi connectivity index (χ4n) is 7.54. The van der Waals surface area contributed by atoms with Crippen LogP contribution in [-0.2, 0) is 32.7 Å². The lowest BCUT2D eigenvalue weighted by atomic mass is 10.0. The highest BCUT2D eigenvalue weighted by Gasteiger charge is 2.26. The summed E-state index contributed by atoms with van der Waals surface area (Å²) in [6, 6.07) is 0. The average Bonchev–Trinajstić information content (AvgIpc) is 3.32. The molecule has 0 saturated heterocycles. The van der Waals surface area contributed by atoms with E-state index in [2.05, 4.69) is 86.8 Å². The monoisotopic (exact) mass is 960 g/mol. The predicted molar refractivity (Wildman–Crippen MR) is 284 cm³/mol. The van der Waals surface area contributed by atoms with Crippen molar-refractivity contribution in [3.8, 4) is 0 Å². The first-order valence-electron chi connectivity index (χ1n) is 27.4. The normalized spacial score (nSPS) is 13.7. The van der Waals surface area contributed by atoms with E-state index in [9.17, 15) is 19.0 Å². The number of ether oxygens (including phenoxy) is 2. The van der Waals surface area contributed by atoms with Gasteiger partial charge in [0.05, 0.1) is 13.2 Å². The Kier molecular flexibility index (Phi) is 50.8. The molecule has 0 aliphatic carbocycles. The molecule has 0 spiro atoms. The van der Waals surface area contributed by atoms with Gasteiger partial charge in [-0.05, 0) is 83.5 Å². The number of unbranched alkanes of at least 4 members (excludes halogenated alkanes) is 26. The van der Waals surface area contributed by atoms with Gasteiger partial charge in [0.25, 0.3) is 0 Å². The zero-order valence-corrected chi connectivity index (χ0v) is 44.0. The fourth-order valence-corrected chi connectivity index (χ4v) is 8.31. The van der Waals surface area contributed by atoms with Gasteiger partial charge >= 0.3 is 19.8 Å². The maximum atomic E-state index is 12.6. The lowest BCUT2D eigenvalue weighted by Crippen LogP contribution is -2.29. The van der Waals surface area contributed by atoms with Gasteiger partial charge in [-0.25, -0.2) is 4.57 Å². The Morgan fingerprint density at radius 2 is 0.821 bits per heavy atom. The Morgan fingerprint density at radius 1 is 0.463 bits per heavy atom. The molecule has 388 valence electrons. The van der Waals surface area contributed by atoms with Crippen LogP contribution >= 0.6 is 7.82 Å². The first kappa shape index (κ1) is 64.5. The van der Waals surface area contributed by atoms with E-state index in [1.807, 2.05) is 0 Å². The number of carbonyl (C=O) groups is 2. The lowest BCUT2D eigenvalue weighted by Gasteiger charge is -2.19. The highest BCUT2D eigenvalue weighted by molar-refractivity contribution is 7.47. The number of carbonyl (C=O) groups excluding carboxylic acids is 2. The quantitative estimate of drug-likeness (QED) is 0.0264. The van der Waals surface area contributed by atoms with Crippen LogP contribution in [0.5, 0.6) is 0 Å². The zero-order chi connectivity index (χ0) is 48.8. The second kappa shape index (κ2) is 52.8.